The van der Waals surface area contributed by atoms with Gasteiger partial charge in [-0.05, 0) is 42.3 Å². The van der Waals surface area contributed by atoms with Crippen LogP contribution in [0.15, 0.2) is 48.5 Å². The second kappa shape index (κ2) is 7.04. The number of anilines is 2. The van der Waals surface area contributed by atoms with E-state index in [0.717, 1.165) is 11.3 Å². The molecule has 6 nitrogen and oxygen atoms in total. The van der Waals surface area contributed by atoms with Gasteiger partial charge >= 0.3 is 6.03 Å². The first-order chi connectivity index (χ1) is 11.7. The Morgan fingerprint density at radius 3 is 2.38 bits per heavy atom. The van der Waals surface area contributed by atoms with Crippen molar-refractivity contribution in [2.24, 2.45) is 5.92 Å². The van der Waals surface area contributed by atoms with Gasteiger partial charge in [0, 0.05) is 18.4 Å². The molecule has 3 N–H and O–H groups in total. The van der Waals surface area contributed by atoms with E-state index in [1.54, 1.807) is 31.3 Å². The van der Waals surface area contributed by atoms with Gasteiger partial charge in [-0.1, -0.05) is 18.2 Å². The smallest absolute Gasteiger partial charge is 0.318 e. The van der Waals surface area contributed by atoms with Crippen molar-refractivity contribution in [3.63, 3.8) is 0 Å². The molecule has 1 aliphatic heterocycles. The largest absolute Gasteiger partial charge is 0.492 e. The normalized spacial score (nSPS) is 15.6. The number of ether oxygens (including phenoxy) is 1. The van der Waals surface area contributed by atoms with Crippen LogP contribution >= 0.6 is 0 Å². The molecule has 0 aromatic heterocycles. The van der Waals surface area contributed by atoms with Crippen LogP contribution in [0, 0.1) is 5.92 Å². The molecule has 0 fully saturated rings. The highest BCUT2D eigenvalue weighted by molar-refractivity contribution is 5.94. The van der Waals surface area contributed by atoms with Crippen LogP contribution in [-0.2, 0) is 11.2 Å². The minimum absolute atomic E-state index is 0.0727. The van der Waals surface area contributed by atoms with Gasteiger partial charge in [0.25, 0.3) is 0 Å². The second-order valence-electron chi connectivity index (χ2n) is 5.59. The molecule has 1 atom stereocenters. The van der Waals surface area contributed by atoms with Crippen LogP contribution in [0.2, 0.25) is 0 Å². The molecule has 0 saturated carbocycles. The molecule has 0 bridgehead atoms. The number of carbonyl (C=O) groups is 2. The van der Waals surface area contributed by atoms with Crippen LogP contribution in [0.3, 0.4) is 0 Å². The highest BCUT2D eigenvalue weighted by atomic mass is 16.5. The van der Waals surface area contributed by atoms with Gasteiger partial charge in [-0.3, -0.25) is 4.79 Å². The highest BCUT2D eigenvalue weighted by Crippen LogP contribution is 2.27. The van der Waals surface area contributed by atoms with E-state index in [0.29, 0.717) is 24.4 Å². The summed E-state index contributed by atoms with van der Waals surface area (Å²) >= 11 is 0. The monoisotopic (exact) mass is 325 g/mol. The summed E-state index contributed by atoms with van der Waals surface area (Å²) < 4.78 is 5.65. The van der Waals surface area contributed by atoms with Gasteiger partial charge in [0.05, 0.1) is 5.92 Å². The maximum atomic E-state index is 12.4. The Bertz CT molecular complexity index is 743. The quantitative estimate of drug-likeness (QED) is 0.811. The summed E-state index contributed by atoms with van der Waals surface area (Å²) in [5.41, 5.74) is 2.39. The van der Waals surface area contributed by atoms with Gasteiger partial charge in [0.2, 0.25) is 5.91 Å². The molecule has 2 aromatic carbocycles. The SMILES string of the molecule is CNC(=O)Nc1ccc(NC(=O)C2COc3ccccc3C2)cc1. The summed E-state index contributed by atoms with van der Waals surface area (Å²) in [6.07, 6.45) is 0.665. The highest BCUT2D eigenvalue weighted by Gasteiger charge is 2.25. The number of benzene rings is 2. The van der Waals surface area contributed by atoms with Crippen molar-refractivity contribution in [1.29, 1.82) is 0 Å². The molecule has 0 saturated heterocycles. The van der Waals surface area contributed by atoms with E-state index in [2.05, 4.69) is 16.0 Å². The summed E-state index contributed by atoms with van der Waals surface area (Å²) in [5.74, 6) is 0.561. The summed E-state index contributed by atoms with van der Waals surface area (Å²) in [7, 11) is 1.55. The first-order valence-corrected chi connectivity index (χ1v) is 7.76. The number of hydrogen-bond acceptors (Lipinski definition) is 3. The molecule has 24 heavy (non-hydrogen) atoms. The van der Waals surface area contributed by atoms with Crippen LogP contribution in [0.25, 0.3) is 0 Å². The van der Waals surface area contributed by atoms with Gasteiger partial charge in [0.1, 0.15) is 12.4 Å². The molecule has 1 aliphatic rings. The summed E-state index contributed by atoms with van der Waals surface area (Å²) in [5, 5.41) is 8.03. The topological polar surface area (TPSA) is 79.5 Å². The van der Waals surface area contributed by atoms with Crippen molar-refractivity contribution < 1.29 is 14.3 Å². The molecule has 3 rings (SSSR count). The molecular formula is C18H19N3O3. The average molecular weight is 325 g/mol. The van der Waals surface area contributed by atoms with E-state index in [-0.39, 0.29) is 17.9 Å². The van der Waals surface area contributed by atoms with Crippen LogP contribution in [0.4, 0.5) is 16.2 Å². The van der Waals surface area contributed by atoms with Crippen LogP contribution in [-0.4, -0.2) is 25.6 Å². The lowest BCUT2D eigenvalue weighted by atomic mass is 9.96. The summed E-state index contributed by atoms with van der Waals surface area (Å²) in [6, 6.07) is 14.4. The van der Waals surface area contributed by atoms with Gasteiger partial charge in [0.15, 0.2) is 0 Å². The summed E-state index contributed by atoms with van der Waals surface area (Å²) in [6.45, 7) is 0.374. The molecular weight excluding hydrogens is 306 g/mol. The molecule has 124 valence electrons. The maximum Gasteiger partial charge on any atom is 0.318 e. The molecule has 6 heteroatoms. The fraction of sp³-hybridized carbons (Fsp3) is 0.222. The Labute approximate surface area is 140 Å². The molecule has 2 aromatic rings. The van der Waals surface area contributed by atoms with Crippen molar-refractivity contribution in [2.45, 2.75) is 6.42 Å². The zero-order valence-electron chi connectivity index (χ0n) is 13.3. The van der Waals surface area contributed by atoms with Crippen LogP contribution in [0.5, 0.6) is 5.75 Å². The molecule has 0 spiro atoms. The number of para-hydroxylation sites is 1. The van der Waals surface area contributed by atoms with E-state index in [4.69, 9.17) is 4.74 Å². The van der Waals surface area contributed by atoms with Crippen molar-refractivity contribution in [1.82, 2.24) is 5.32 Å². The van der Waals surface area contributed by atoms with Gasteiger partial charge in [-0.15, -0.1) is 0 Å². The Hall–Kier alpha value is -3.02. The predicted molar refractivity (Wildman–Crippen MR) is 92.3 cm³/mol. The minimum Gasteiger partial charge on any atom is -0.492 e. The first kappa shape index (κ1) is 15.9. The number of amides is 3. The summed E-state index contributed by atoms with van der Waals surface area (Å²) in [4.78, 5) is 23.7. The molecule has 3 amide bonds. The van der Waals surface area contributed by atoms with E-state index in [1.165, 1.54) is 0 Å². The van der Waals surface area contributed by atoms with E-state index in [9.17, 15) is 9.59 Å². The van der Waals surface area contributed by atoms with Crippen LogP contribution in [0.1, 0.15) is 5.56 Å². The van der Waals surface area contributed by atoms with Crippen molar-refractivity contribution >= 4 is 23.3 Å². The third-order valence-electron chi connectivity index (χ3n) is 3.89. The third kappa shape index (κ3) is 3.65. The first-order valence-electron chi connectivity index (χ1n) is 7.76. The van der Waals surface area contributed by atoms with Crippen molar-refractivity contribution in [2.75, 3.05) is 24.3 Å². The van der Waals surface area contributed by atoms with Crippen LogP contribution < -0.4 is 20.7 Å². The number of rotatable bonds is 3. The maximum absolute atomic E-state index is 12.4. The van der Waals surface area contributed by atoms with Gasteiger partial charge in [-0.2, -0.15) is 0 Å². The zero-order valence-corrected chi connectivity index (χ0v) is 13.3. The van der Waals surface area contributed by atoms with E-state index >= 15 is 0 Å². The lowest BCUT2D eigenvalue weighted by molar-refractivity contribution is -0.121. The Balaban J connectivity index is 1.60. The molecule has 0 aliphatic carbocycles. The lowest BCUT2D eigenvalue weighted by Crippen LogP contribution is -2.32. The van der Waals surface area contributed by atoms with Crippen molar-refractivity contribution in [3.05, 3.63) is 54.1 Å². The van der Waals surface area contributed by atoms with E-state index < -0.39 is 0 Å². The Morgan fingerprint density at radius 1 is 1.00 bits per heavy atom. The molecule has 1 heterocycles. The molecule has 1 unspecified atom stereocenters. The predicted octanol–water partition coefficient (Wildman–Crippen LogP) is 2.63. The number of urea groups is 1. The third-order valence-corrected chi connectivity index (χ3v) is 3.89. The Morgan fingerprint density at radius 2 is 1.67 bits per heavy atom. The van der Waals surface area contributed by atoms with Crippen molar-refractivity contribution in [3.8, 4) is 5.75 Å². The minimum atomic E-state index is -0.287. The van der Waals surface area contributed by atoms with Gasteiger partial charge in [-0.25, -0.2) is 4.79 Å². The fourth-order valence-corrected chi connectivity index (χ4v) is 2.57. The lowest BCUT2D eigenvalue weighted by Gasteiger charge is -2.24. The average Bonchev–Trinajstić information content (AvgIpc) is 2.62. The van der Waals surface area contributed by atoms with E-state index in [1.807, 2.05) is 24.3 Å². The number of hydrogen-bond donors (Lipinski definition) is 3. The second-order valence-corrected chi connectivity index (χ2v) is 5.59. The Kier molecular flexibility index (Phi) is 4.65. The number of nitrogens with one attached hydrogen (secondary N) is 3. The number of carbonyl (C=O) groups excluding carboxylic acids is 2. The van der Waals surface area contributed by atoms with Gasteiger partial charge < -0.3 is 20.7 Å². The molecule has 0 radical (unpaired) electrons. The fourth-order valence-electron chi connectivity index (χ4n) is 2.57. The standard InChI is InChI=1S/C18H19N3O3/c1-19-18(23)21-15-8-6-14(7-9-15)20-17(22)13-10-12-4-2-3-5-16(12)24-11-13/h2-9,13H,10-11H2,1H3,(H,20,22)(H2,19,21,23). The number of fused-ring (bicyclic) bond motifs is 1. The zero-order chi connectivity index (χ0) is 16.9.